The third kappa shape index (κ3) is 1.71. The van der Waals surface area contributed by atoms with Crippen LogP contribution in [0.1, 0.15) is 11.1 Å². The Morgan fingerprint density at radius 3 is 2.08 bits per heavy atom. The van der Waals surface area contributed by atoms with Gasteiger partial charge in [0.2, 0.25) is 0 Å². The molecular formula is C8Cl3N2. The summed E-state index contributed by atoms with van der Waals surface area (Å²) < 4.78 is 0. The Bertz CT molecular complexity index is 440. The van der Waals surface area contributed by atoms with Crippen molar-refractivity contribution in [2.75, 3.05) is 0 Å². The van der Waals surface area contributed by atoms with Crippen LogP contribution in [0.25, 0.3) is 0 Å². The summed E-state index contributed by atoms with van der Waals surface area (Å²) in [6, 6.07) is 5.95. The van der Waals surface area contributed by atoms with Gasteiger partial charge in [-0.05, 0) is 0 Å². The second-order valence-corrected chi connectivity index (χ2v) is 3.17. The van der Waals surface area contributed by atoms with Crippen LogP contribution in [0.4, 0.5) is 0 Å². The number of benzene rings is 1. The molecule has 0 fully saturated rings. The summed E-state index contributed by atoms with van der Waals surface area (Å²) in [4.78, 5) is 0. The minimum absolute atomic E-state index is 0.00133. The molecule has 13 heavy (non-hydrogen) atoms. The maximum Gasteiger partial charge on any atom is 0.102 e. The zero-order valence-electron chi connectivity index (χ0n) is 6.03. The molecule has 0 unspecified atom stereocenters. The Balaban J connectivity index is 3.63. The van der Waals surface area contributed by atoms with Crippen molar-refractivity contribution in [1.82, 2.24) is 0 Å². The first kappa shape index (κ1) is 10.2. The smallest absolute Gasteiger partial charge is 0.102 e. The van der Waals surface area contributed by atoms with Crippen molar-refractivity contribution < 1.29 is 0 Å². The minimum Gasteiger partial charge on any atom is -0.192 e. The van der Waals surface area contributed by atoms with E-state index in [9.17, 15) is 0 Å². The molecule has 5 heteroatoms. The molecule has 0 atom stereocenters. The quantitative estimate of drug-likeness (QED) is 0.643. The Hall–Kier alpha value is -0.930. The van der Waals surface area contributed by atoms with Gasteiger partial charge in [-0.15, -0.1) is 0 Å². The van der Waals surface area contributed by atoms with Gasteiger partial charge in [0.15, 0.2) is 0 Å². The van der Waals surface area contributed by atoms with E-state index >= 15 is 0 Å². The molecule has 0 amide bonds. The monoisotopic (exact) mass is 229 g/mol. The van der Waals surface area contributed by atoms with Gasteiger partial charge in [-0.25, -0.2) is 0 Å². The van der Waals surface area contributed by atoms with Crippen LogP contribution in [0, 0.1) is 28.7 Å². The summed E-state index contributed by atoms with van der Waals surface area (Å²) >= 11 is 16.9. The van der Waals surface area contributed by atoms with Crippen LogP contribution in [-0.2, 0) is 0 Å². The highest BCUT2D eigenvalue weighted by molar-refractivity contribution is 6.48. The number of nitriles is 2. The predicted molar refractivity (Wildman–Crippen MR) is 49.7 cm³/mol. The van der Waals surface area contributed by atoms with Crippen LogP contribution in [0.15, 0.2) is 0 Å². The number of halogens is 3. The molecule has 0 aliphatic carbocycles. The molecule has 0 aliphatic heterocycles. The molecule has 0 N–H and O–H groups in total. The average Bonchev–Trinajstić information content (AvgIpc) is 2.13. The number of rotatable bonds is 0. The second kappa shape index (κ2) is 3.85. The third-order valence-corrected chi connectivity index (χ3v) is 2.55. The van der Waals surface area contributed by atoms with E-state index in [1.165, 1.54) is 0 Å². The Kier molecular flexibility index (Phi) is 3.01. The first-order valence-electron chi connectivity index (χ1n) is 3.01. The first-order valence-corrected chi connectivity index (χ1v) is 4.15. The van der Waals surface area contributed by atoms with Crippen LogP contribution in [0.2, 0.25) is 15.1 Å². The van der Waals surface area contributed by atoms with Crippen LogP contribution in [0.5, 0.6) is 0 Å². The lowest BCUT2D eigenvalue weighted by molar-refractivity contribution is 1.42. The molecular weight excluding hydrogens is 230 g/mol. The van der Waals surface area contributed by atoms with Crippen LogP contribution in [0.3, 0.4) is 0 Å². The van der Waals surface area contributed by atoms with Gasteiger partial charge in [-0.3, -0.25) is 0 Å². The normalized spacial score (nSPS) is 9.00. The fourth-order valence-electron chi connectivity index (χ4n) is 0.732. The second-order valence-electron chi connectivity index (χ2n) is 2.04. The van der Waals surface area contributed by atoms with Gasteiger partial charge in [-0.2, -0.15) is 10.5 Å². The van der Waals surface area contributed by atoms with Gasteiger partial charge in [-0.1, -0.05) is 34.8 Å². The Labute approximate surface area is 89.9 Å². The maximum atomic E-state index is 8.64. The molecule has 1 aromatic carbocycles. The fraction of sp³-hybridized carbons (Fsp3) is 0. The number of hydrogen-bond acceptors (Lipinski definition) is 2. The van der Waals surface area contributed by atoms with Crippen molar-refractivity contribution >= 4 is 34.8 Å². The summed E-state index contributed by atoms with van der Waals surface area (Å²) in [5.74, 6) is 0. The largest absolute Gasteiger partial charge is 0.192 e. The number of hydrogen-bond donors (Lipinski definition) is 0. The van der Waals surface area contributed by atoms with Gasteiger partial charge in [0.1, 0.15) is 12.1 Å². The summed E-state index contributed by atoms with van der Waals surface area (Å²) in [7, 11) is 0. The van der Waals surface area contributed by atoms with Crippen molar-refractivity contribution in [2.24, 2.45) is 0 Å². The van der Waals surface area contributed by atoms with E-state index in [0.717, 1.165) is 0 Å². The summed E-state index contributed by atoms with van der Waals surface area (Å²) in [6.45, 7) is 0. The number of nitrogens with zero attached hydrogens (tertiary/aromatic N) is 2. The van der Waals surface area contributed by atoms with E-state index in [1.54, 1.807) is 12.1 Å². The molecule has 63 valence electrons. The molecule has 2 nitrogen and oxygen atoms in total. The van der Waals surface area contributed by atoms with Gasteiger partial charge in [0.25, 0.3) is 0 Å². The molecule has 0 saturated heterocycles. The van der Waals surface area contributed by atoms with Gasteiger partial charge < -0.3 is 0 Å². The minimum atomic E-state index is -0.00975. The van der Waals surface area contributed by atoms with E-state index < -0.39 is 0 Å². The van der Waals surface area contributed by atoms with Crippen LogP contribution >= 0.6 is 34.8 Å². The molecule has 1 aromatic rings. The Morgan fingerprint density at radius 2 is 1.62 bits per heavy atom. The highest BCUT2D eigenvalue weighted by Gasteiger charge is 2.14. The summed E-state index contributed by atoms with van der Waals surface area (Å²) in [5, 5.41) is 17.3. The molecule has 0 aliphatic rings. The molecule has 1 rings (SSSR count). The van der Waals surface area contributed by atoms with E-state index in [4.69, 9.17) is 45.3 Å². The lowest BCUT2D eigenvalue weighted by atomic mass is 10.1. The van der Waals surface area contributed by atoms with Gasteiger partial charge in [0.05, 0.1) is 26.2 Å². The fourth-order valence-corrected chi connectivity index (χ4v) is 1.34. The molecule has 0 heterocycles. The standard InChI is InChI=1S/C8Cl3N2/c9-6-1-4(2-12)5(3-13)7(10)8(6)11. The average molecular weight is 230 g/mol. The highest BCUT2D eigenvalue weighted by Crippen LogP contribution is 2.33. The topological polar surface area (TPSA) is 47.6 Å². The van der Waals surface area contributed by atoms with Crippen molar-refractivity contribution in [3.05, 3.63) is 32.3 Å². The zero-order valence-corrected chi connectivity index (χ0v) is 8.30. The van der Waals surface area contributed by atoms with E-state index in [1.807, 2.05) is 0 Å². The maximum absolute atomic E-state index is 8.64. The predicted octanol–water partition coefficient (Wildman–Crippen LogP) is 3.19. The SMILES string of the molecule is N#Cc1[c]c(Cl)c(Cl)c(Cl)c1C#N. The summed E-state index contributed by atoms with van der Waals surface area (Å²) in [5.41, 5.74) is 0.000432. The molecule has 0 spiro atoms. The van der Waals surface area contributed by atoms with Crippen LogP contribution < -0.4 is 0 Å². The molecule has 1 radical (unpaired) electrons. The van der Waals surface area contributed by atoms with Crippen LogP contribution in [-0.4, -0.2) is 0 Å². The van der Waals surface area contributed by atoms with Crippen molar-refractivity contribution in [2.45, 2.75) is 0 Å². The zero-order chi connectivity index (χ0) is 10.0. The molecule has 0 saturated carbocycles. The molecule has 0 bridgehead atoms. The van der Waals surface area contributed by atoms with E-state index in [2.05, 4.69) is 6.07 Å². The molecule has 0 aromatic heterocycles. The third-order valence-electron chi connectivity index (χ3n) is 1.31. The van der Waals surface area contributed by atoms with Gasteiger partial charge >= 0.3 is 0 Å². The van der Waals surface area contributed by atoms with E-state index in [0.29, 0.717) is 0 Å². The first-order chi connectivity index (χ1) is 6.11. The highest BCUT2D eigenvalue weighted by atomic mass is 35.5. The van der Waals surface area contributed by atoms with Crippen molar-refractivity contribution in [1.29, 1.82) is 10.5 Å². The Morgan fingerprint density at radius 1 is 1.00 bits per heavy atom. The lowest BCUT2D eigenvalue weighted by Crippen LogP contribution is -1.87. The van der Waals surface area contributed by atoms with Gasteiger partial charge in [0, 0.05) is 6.07 Å². The lowest BCUT2D eigenvalue weighted by Gasteiger charge is -2.01. The van der Waals surface area contributed by atoms with E-state index in [-0.39, 0.29) is 26.2 Å². The summed E-state index contributed by atoms with van der Waals surface area (Å²) in [6.07, 6.45) is 0. The van der Waals surface area contributed by atoms with Crippen molar-refractivity contribution in [3.8, 4) is 12.1 Å². The van der Waals surface area contributed by atoms with Crippen molar-refractivity contribution in [3.63, 3.8) is 0 Å².